The van der Waals surface area contributed by atoms with Gasteiger partial charge in [0.25, 0.3) is 0 Å². The second kappa shape index (κ2) is 5.47. The van der Waals surface area contributed by atoms with Crippen LogP contribution in [0.25, 0.3) is 0 Å². The number of nitrogens with zero attached hydrogens (tertiary/aromatic N) is 2. The van der Waals surface area contributed by atoms with Crippen molar-refractivity contribution >= 4 is 17.8 Å². The van der Waals surface area contributed by atoms with E-state index in [1.54, 1.807) is 14.0 Å². The van der Waals surface area contributed by atoms with E-state index in [2.05, 4.69) is 6.58 Å². The fraction of sp³-hybridized carbons (Fsp3) is 0.545. The van der Waals surface area contributed by atoms with Crippen LogP contribution in [0.4, 0.5) is 0 Å². The molecule has 0 unspecified atom stereocenters. The average molecular weight is 240 g/mol. The zero-order valence-corrected chi connectivity index (χ0v) is 10.1. The van der Waals surface area contributed by atoms with Gasteiger partial charge in [-0.2, -0.15) is 0 Å². The van der Waals surface area contributed by atoms with Crippen LogP contribution in [0.2, 0.25) is 0 Å². The first kappa shape index (κ1) is 13.2. The summed E-state index contributed by atoms with van der Waals surface area (Å²) in [5.41, 5.74) is 0.178. The Morgan fingerprint density at radius 1 is 1.35 bits per heavy atom. The van der Waals surface area contributed by atoms with Crippen LogP contribution in [0, 0.1) is 0 Å². The van der Waals surface area contributed by atoms with E-state index >= 15 is 0 Å². The van der Waals surface area contributed by atoms with Crippen molar-refractivity contribution in [2.75, 3.05) is 33.3 Å². The molecule has 2 amide bonds. The summed E-state index contributed by atoms with van der Waals surface area (Å²) in [6.45, 7) is 6.40. The van der Waals surface area contributed by atoms with Crippen molar-refractivity contribution < 1.29 is 19.1 Å². The Hall–Kier alpha value is -1.85. The van der Waals surface area contributed by atoms with Gasteiger partial charge in [-0.3, -0.25) is 9.59 Å². The first-order valence-corrected chi connectivity index (χ1v) is 5.36. The molecule has 0 aromatic rings. The Kier molecular flexibility index (Phi) is 4.25. The Balaban J connectivity index is 2.58. The summed E-state index contributed by atoms with van der Waals surface area (Å²) in [5.74, 6) is -1.70. The van der Waals surface area contributed by atoms with Crippen molar-refractivity contribution in [2.45, 2.75) is 6.92 Å². The number of likely N-dealkylation sites (N-methyl/N-ethyl adjacent to an activating group) is 1. The van der Waals surface area contributed by atoms with E-state index in [0.29, 0.717) is 13.1 Å². The highest BCUT2D eigenvalue weighted by molar-refractivity contribution is 6.35. The molecule has 0 spiro atoms. The third-order valence-corrected chi connectivity index (χ3v) is 2.47. The highest BCUT2D eigenvalue weighted by Crippen LogP contribution is 2.06. The first-order valence-electron chi connectivity index (χ1n) is 5.36. The maximum atomic E-state index is 11.6. The summed E-state index contributed by atoms with van der Waals surface area (Å²) in [5, 5.41) is 0. The molecule has 0 saturated carbocycles. The molecular formula is C11H16N2O4. The predicted molar refractivity (Wildman–Crippen MR) is 60.0 cm³/mol. The van der Waals surface area contributed by atoms with E-state index in [1.165, 1.54) is 9.80 Å². The molecule has 1 fully saturated rings. The molecule has 6 nitrogen and oxygen atoms in total. The van der Waals surface area contributed by atoms with Gasteiger partial charge < -0.3 is 14.5 Å². The number of hydrogen-bond acceptors (Lipinski definition) is 4. The first-order chi connectivity index (χ1) is 7.97. The van der Waals surface area contributed by atoms with Gasteiger partial charge in [0.1, 0.15) is 0 Å². The van der Waals surface area contributed by atoms with Crippen LogP contribution < -0.4 is 0 Å². The lowest BCUT2D eigenvalue weighted by molar-refractivity contribution is -0.154. The second-order valence-corrected chi connectivity index (χ2v) is 3.78. The van der Waals surface area contributed by atoms with Gasteiger partial charge in [-0.05, 0) is 6.92 Å². The monoisotopic (exact) mass is 240 g/mol. The Bertz CT molecular complexity index is 364. The van der Waals surface area contributed by atoms with Gasteiger partial charge in [0.2, 0.25) is 0 Å². The maximum absolute atomic E-state index is 11.6. The minimum Gasteiger partial charge on any atom is -0.463 e. The summed E-state index contributed by atoms with van der Waals surface area (Å²) in [6.07, 6.45) is 0. The van der Waals surface area contributed by atoms with E-state index in [1.807, 2.05) is 0 Å². The van der Waals surface area contributed by atoms with Crippen LogP contribution in [0.15, 0.2) is 12.2 Å². The molecule has 6 heteroatoms. The van der Waals surface area contributed by atoms with Gasteiger partial charge in [-0.25, -0.2) is 4.79 Å². The molecule has 0 aliphatic carbocycles. The quantitative estimate of drug-likeness (QED) is 0.374. The smallest absolute Gasteiger partial charge is 0.335 e. The number of carbonyl (C=O) groups excluding carboxylic acids is 3. The number of piperazine rings is 1. The lowest BCUT2D eigenvalue weighted by Gasteiger charge is -2.31. The topological polar surface area (TPSA) is 66.9 Å². The predicted octanol–water partition coefficient (Wildman–Crippen LogP) is -0.594. The summed E-state index contributed by atoms with van der Waals surface area (Å²) in [4.78, 5) is 37.0. The summed E-state index contributed by atoms with van der Waals surface area (Å²) < 4.78 is 4.76. The van der Waals surface area contributed by atoms with Gasteiger partial charge in [0.05, 0.1) is 13.2 Å². The number of ether oxygens (including phenoxy) is 1. The average Bonchev–Trinajstić information content (AvgIpc) is 2.30. The number of carbonyl (C=O) groups is 3. The number of hydrogen-bond donors (Lipinski definition) is 0. The minimum atomic E-state index is -0.607. The third kappa shape index (κ3) is 3.05. The summed E-state index contributed by atoms with van der Waals surface area (Å²) >= 11 is 0. The normalized spacial score (nSPS) is 16.1. The van der Waals surface area contributed by atoms with Crippen molar-refractivity contribution in [3.8, 4) is 0 Å². The zero-order valence-electron chi connectivity index (χ0n) is 10.1. The Labute approximate surface area is 99.8 Å². The van der Waals surface area contributed by atoms with Gasteiger partial charge >= 0.3 is 17.8 Å². The zero-order chi connectivity index (χ0) is 13.0. The molecule has 0 bridgehead atoms. The molecule has 1 saturated heterocycles. The van der Waals surface area contributed by atoms with E-state index in [4.69, 9.17) is 4.74 Å². The second-order valence-electron chi connectivity index (χ2n) is 3.78. The van der Waals surface area contributed by atoms with Crippen molar-refractivity contribution in [1.29, 1.82) is 0 Å². The number of rotatable bonds is 4. The molecule has 0 aromatic heterocycles. The molecule has 0 N–H and O–H groups in total. The van der Waals surface area contributed by atoms with Gasteiger partial charge in [0.15, 0.2) is 0 Å². The molecule has 0 atom stereocenters. The highest BCUT2D eigenvalue weighted by atomic mass is 16.5. The maximum Gasteiger partial charge on any atom is 0.335 e. The SMILES string of the molecule is C=C(CN1CCN(C)C(=O)C1=O)C(=O)OCC. The van der Waals surface area contributed by atoms with E-state index in [0.717, 1.165) is 0 Å². The van der Waals surface area contributed by atoms with E-state index in [9.17, 15) is 14.4 Å². The molecule has 94 valence electrons. The van der Waals surface area contributed by atoms with Crippen LogP contribution in [0.1, 0.15) is 6.92 Å². The summed E-state index contributed by atoms with van der Waals surface area (Å²) in [7, 11) is 1.57. The van der Waals surface area contributed by atoms with Crippen LogP contribution in [-0.4, -0.2) is 60.9 Å². The minimum absolute atomic E-state index is 0.0389. The molecule has 0 radical (unpaired) electrons. The fourth-order valence-corrected chi connectivity index (χ4v) is 1.45. The van der Waals surface area contributed by atoms with Gasteiger partial charge in [0, 0.05) is 25.7 Å². The Morgan fingerprint density at radius 2 is 2.00 bits per heavy atom. The molecular weight excluding hydrogens is 224 g/mol. The van der Waals surface area contributed by atoms with Crippen LogP contribution >= 0.6 is 0 Å². The van der Waals surface area contributed by atoms with Crippen molar-refractivity contribution in [3.05, 3.63) is 12.2 Å². The number of esters is 1. The van der Waals surface area contributed by atoms with Gasteiger partial charge in [-0.1, -0.05) is 6.58 Å². The lowest BCUT2D eigenvalue weighted by atomic mass is 10.2. The fourth-order valence-electron chi connectivity index (χ4n) is 1.45. The molecule has 17 heavy (non-hydrogen) atoms. The molecule has 0 aromatic carbocycles. The molecule has 1 aliphatic rings. The number of amides is 2. The van der Waals surface area contributed by atoms with Crippen molar-refractivity contribution in [2.24, 2.45) is 0 Å². The van der Waals surface area contributed by atoms with Crippen molar-refractivity contribution in [3.63, 3.8) is 0 Å². The van der Waals surface area contributed by atoms with E-state index < -0.39 is 17.8 Å². The highest BCUT2D eigenvalue weighted by Gasteiger charge is 2.31. The Morgan fingerprint density at radius 3 is 2.59 bits per heavy atom. The molecule has 1 rings (SSSR count). The van der Waals surface area contributed by atoms with Gasteiger partial charge in [-0.15, -0.1) is 0 Å². The van der Waals surface area contributed by atoms with Crippen LogP contribution in [-0.2, 0) is 19.1 Å². The van der Waals surface area contributed by atoms with Crippen LogP contribution in [0.5, 0.6) is 0 Å². The van der Waals surface area contributed by atoms with Crippen molar-refractivity contribution in [1.82, 2.24) is 9.80 Å². The van der Waals surface area contributed by atoms with Crippen LogP contribution in [0.3, 0.4) is 0 Å². The standard InChI is InChI=1S/C11H16N2O4/c1-4-17-11(16)8(2)7-13-6-5-12(3)9(14)10(13)15/h2,4-7H2,1,3H3. The molecule has 1 heterocycles. The molecule has 1 aliphatic heterocycles. The largest absolute Gasteiger partial charge is 0.463 e. The van der Waals surface area contributed by atoms with E-state index in [-0.39, 0.29) is 18.7 Å². The third-order valence-electron chi connectivity index (χ3n) is 2.47. The lowest BCUT2D eigenvalue weighted by Crippen LogP contribution is -2.53. The summed E-state index contributed by atoms with van der Waals surface area (Å²) in [6, 6.07) is 0.